The van der Waals surface area contributed by atoms with Gasteiger partial charge in [0.2, 0.25) is 0 Å². The average Bonchev–Trinajstić information content (AvgIpc) is 2.26. The van der Waals surface area contributed by atoms with Gasteiger partial charge in [-0.3, -0.25) is 9.69 Å². The quantitative estimate of drug-likeness (QED) is 0.728. The fourth-order valence-electron chi connectivity index (χ4n) is 2.78. The molecule has 0 aliphatic carbocycles. The van der Waals surface area contributed by atoms with E-state index < -0.39 is 21.3 Å². The van der Waals surface area contributed by atoms with E-state index in [4.69, 9.17) is 10.5 Å². The van der Waals surface area contributed by atoms with Crippen molar-refractivity contribution in [1.29, 1.82) is 0 Å². The molecule has 0 radical (unpaired) electrons. The van der Waals surface area contributed by atoms with Gasteiger partial charge >= 0.3 is 5.97 Å². The number of sulfone groups is 1. The van der Waals surface area contributed by atoms with Gasteiger partial charge in [0.05, 0.1) is 18.1 Å². The second kappa shape index (κ2) is 6.41. The zero-order chi connectivity index (χ0) is 15.6. The molecule has 0 saturated carbocycles. The molecule has 118 valence electrons. The molecule has 0 aromatic carbocycles. The number of nitrogens with zero attached hydrogens (tertiary/aromatic N) is 1. The lowest BCUT2D eigenvalue weighted by Gasteiger charge is -2.40. The van der Waals surface area contributed by atoms with Gasteiger partial charge in [-0.2, -0.15) is 0 Å². The highest BCUT2D eigenvalue weighted by Crippen LogP contribution is 2.21. The molecular weight excluding hydrogens is 280 g/mol. The molecule has 1 rings (SSSR count). The fraction of sp³-hybridized carbons (Fsp3) is 0.923. The largest absolute Gasteiger partial charge is 0.465 e. The van der Waals surface area contributed by atoms with Crippen molar-refractivity contribution >= 4 is 15.8 Å². The Morgan fingerprint density at radius 3 is 2.65 bits per heavy atom. The lowest BCUT2D eigenvalue weighted by Crippen LogP contribution is -2.56. The molecule has 1 saturated heterocycles. The van der Waals surface area contributed by atoms with Gasteiger partial charge in [0.15, 0.2) is 9.84 Å². The number of nitrogens with two attached hydrogens (primary N) is 1. The molecular formula is C13H26N2O4S. The SMILES string of the molecule is CCOC(=O)C(C)(N)CC(C)N1CCS(=O)(=O)CC1C. The normalized spacial score (nSPS) is 27.6. The Bertz CT molecular complexity index is 447. The van der Waals surface area contributed by atoms with Crippen LogP contribution in [0.3, 0.4) is 0 Å². The highest BCUT2D eigenvalue weighted by atomic mass is 32.2. The number of carbonyl (C=O) groups is 1. The van der Waals surface area contributed by atoms with Crippen molar-refractivity contribution < 1.29 is 17.9 Å². The van der Waals surface area contributed by atoms with Crippen LogP contribution < -0.4 is 5.73 Å². The predicted molar refractivity (Wildman–Crippen MR) is 78.1 cm³/mol. The predicted octanol–water partition coefficient (Wildman–Crippen LogP) is 0.164. The van der Waals surface area contributed by atoms with E-state index >= 15 is 0 Å². The Kier molecular flexibility index (Phi) is 5.57. The van der Waals surface area contributed by atoms with Crippen LogP contribution in [0, 0.1) is 0 Å². The van der Waals surface area contributed by atoms with E-state index in [1.165, 1.54) is 0 Å². The maximum atomic E-state index is 11.8. The van der Waals surface area contributed by atoms with Crippen molar-refractivity contribution in [2.75, 3.05) is 24.7 Å². The first-order chi connectivity index (χ1) is 9.09. The third kappa shape index (κ3) is 4.43. The zero-order valence-electron chi connectivity index (χ0n) is 12.8. The van der Waals surface area contributed by atoms with Gasteiger partial charge in [-0.25, -0.2) is 8.42 Å². The van der Waals surface area contributed by atoms with Crippen LogP contribution in [-0.4, -0.2) is 61.6 Å². The molecule has 0 spiro atoms. The molecule has 1 aliphatic rings. The molecule has 1 aliphatic heterocycles. The van der Waals surface area contributed by atoms with E-state index in [0.29, 0.717) is 19.6 Å². The maximum absolute atomic E-state index is 11.8. The van der Waals surface area contributed by atoms with Crippen LogP contribution in [0.5, 0.6) is 0 Å². The van der Waals surface area contributed by atoms with Gasteiger partial charge in [-0.1, -0.05) is 0 Å². The smallest absolute Gasteiger partial charge is 0.325 e. The molecule has 6 nitrogen and oxygen atoms in total. The summed E-state index contributed by atoms with van der Waals surface area (Å²) < 4.78 is 28.1. The first-order valence-electron chi connectivity index (χ1n) is 7.01. The molecule has 7 heteroatoms. The molecule has 2 N–H and O–H groups in total. The summed E-state index contributed by atoms with van der Waals surface area (Å²) in [6.07, 6.45) is 0.441. The Morgan fingerprint density at radius 2 is 2.15 bits per heavy atom. The molecule has 0 aromatic heterocycles. The maximum Gasteiger partial charge on any atom is 0.325 e. The molecule has 0 amide bonds. The van der Waals surface area contributed by atoms with Gasteiger partial charge < -0.3 is 10.5 Å². The number of esters is 1. The zero-order valence-corrected chi connectivity index (χ0v) is 13.6. The third-order valence-corrected chi connectivity index (χ3v) is 5.54. The number of hydrogen-bond acceptors (Lipinski definition) is 6. The van der Waals surface area contributed by atoms with Crippen molar-refractivity contribution in [1.82, 2.24) is 4.90 Å². The Labute approximate surface area is 121 Å². The van der Waals surface area contributed by atoms with Crippen LogP contribution in [0.1, 0.15) is 34.1 Å². The topological polar surface area (TPSA) is 89.7 Å². The van der Waals surface area contributed by atoms with Crippen molar-refractivity contribution in [3.8, 4) is 0 Å². The highest BCUT2D eigenvalue weighted by molar-refractivity contribution is 7.91. The number of rotatable bonds is 5. The summed E-state index contributed by atoms with van der Waals surface area (Å²) in [4.78, 5) is 13.9. The van der Waals surface area contributed by atoms with E-state index in [0.717, 1.165) is 0 Å². The molecule has 1 heterocycles. The number of ether oxygens (including phenoxy) is 1. The van der Waals surface area contributed by atoms with E-state index in [1.807, 2.05) is 13.8 Å². The second-order valence-corrected chi connectivity index (χ2v) is 8.12. The van der Waals surface area contributed by atoms with E-state index in [2.05, 4.69) is 4.90 Å². The Morgan fingerprint density at radius 1 is 1.55 bits per heavy atom. The molecule has 3 atom stereocenters. The summed E-state index contributed by atoms with van der Waals surface area (Å²) in [5.41, 5.74) is 4.98. The Balaban J connectivity index is 2.67. The lowest BCUT2D eigenvalue weighted by molar-refractivity contribution is -0.149. The third-order valence-electron chi connectivity index (χ3n) is 3.75. The lowest BCUT2D eigenvalue weighted by atomic mass is 9.93. The van der Waals surface area contributed by atoms with Crippen molar-refractivity contribution in [3.63, 3.8) is 0 Å². The van der Waals surface area contributed by atoms with Gasteiger partial charge in [-0.15, -0.1) is 0 Å². The highest BCUT2D eigenvalue weighted by Gasteiger charge is 2.37. The van der Waals surface area contributed by atoms with E-state index in [1.54, 1.807) is 13.8 Å². The van der Waals surface area contributed by atoms with Gasteiger partial charge in [0, 0.05) is 18.6 Å². The first-order valence-corrected chi connectivity index (χ1v) is 8.83. The summed E-state index contributed by atoms with van der Waals surface area (Å²) in [5, 5.41) is 0. The van der Waals surface area contributed by atoms with Gasteiger partial charge in [0.25, 0.3) is 0 Å². The molecule has 3 unspecified atom stereocenters. The van der Waals surface area contributed by atoms with Crippen LogP contribution in [-0.2, 0) is 19.4 Å². The first kappa shape index (κ1) is 17.4. The fourth-order valence-corrected chi connectivity index (χ4v) is 4.36. The van der Waals surface area contributed by atoms with Gasteiger partial charge in [-0.05, 0) is 34.1 Å². The van der Waals surface area contributed by atoms with Crippen LogP contribution in [0.15, 0.2) is 0 Å². The molecule has 20 heavy (non-hydrogen) atoms. The monoisotopic (exact) mass is 306 g/mol. The van der Waals surface area contributed by atoms with Crippen LogP contribution in [0.25, 0.3) is 0 Å². The summed E-state index contributed by atoms with van der Waals surface area (Å²) >= 11 is 0. The number of hydrogen-bond donors (Lipinski definition) is 1. The standard InChI is InChI=1S/C13H26N2O4S/c1-5-19-12(16)13(4,14)8-10(2)15-6-7-20(17,18)9-11(15)3/h10-11H,5-9,14H2,1-4H3. The second-order valence-electron chi connectivity index (χ2n) is 5.89. The minimum atomic E-state index is -2.93. The van der Waals surface area contributed by atoms with Crippen molar-refractivity contribution in [2.45, 2.75) is 51.7 Å². The van der Waals surface area contributed by atoms with Crippen LogP contribution in [0.2, 0.25) is 0 Å². The average molecular weight is 306 g/mol. The Hall–Kier alpha value is -0.660. The van der Waals surface area contributed by atoms with E-state index in [-0.39, 0.29) is 23.6 Å². The minimum Gasteiger partial charge on any atom is -0.465 e. The number of carbonyl (C=O) groups excluding carboxylic acids is 1. The minimum absolute atomic E-state index is 0.0277. The van der Waals surface area contributed by atoms with Crippen LogP contribution >= 0.6 is 0 Å². The van der Waals surface area contributed by atoms with Gasteiger partial charge in [0.1, 0.15) is 5.54 Å². The molecule has 0 aromatic rings. The molecule has 1 fully saturated rings. The summed E-state index contributed by atoms with van der Waals surface area (Å²) in [6, 6.07) is -0.0262. The molecule has 0 bridgehead atoms. The summed E-state index contributed by atoms with van der Waals surface area (Å²) in [5.74, 6) is -0.0791. The van der Waals surface area contributed by atoms with Crippen LogP contribution in [0.4, 0.5) is 0 Å². The van der Waals surface area contributed by atoms with E-state index in [9.17, 15) is 13.2 Å². The van der Waals surface area contributed by atoms with Crippen molar-refractivity contribution in [3.05, 3.63) is 0 Å². The summed E-state index contributed by atoms with van der Waals surface area (Å²) in [6.45, 7) is 8.06. The van der Waals surface area contributed by atoms with Crippen molar-refractivity contribution in [2.24, 2.45) is 5.73 Å². The summed E-state index contributed by atoms with van der Waals surface area (Å²) in [7, 11) is -2.93.